The third kappa shape index (κ3) is 6.53. The summed E-state index contributed by atoms with van der Waals surface area (Å²) < 4.78 is 11.5. The number of halogens is 1. The van der Waals surface area contributed by atoms with Gasteiger partial charge in [0.05, 0.1) is 12.6 Å². The van der Waals surface area contributed by atoms with E-state index in [-0.39, 0.29) is 28.7 Å². The highest BCUT2D eigenvalue weighted by atomic mass is 127. The third-order valence-corrected chi connectivity index (χ3v) is 6.24. The van der Waals surface area contributed by atoms with E-state index < -0.39 is 0 Å². The van der Waals surface area contributed by atoms with E-state index in [9.17, 15) is 0 Å². The van der Waals surface area contributed by atoms with Crippen molar-refractivity contribution >= 4 is 41.7 Å². The fourth-order valence-electron chi connectivity index (χ4n) is 3.28. The van der Waals surface area contributed by atoms with Gasteiger partial charge in [-0.25, -0.2) is 0 Å². The Bertz CT molecular complexity index is 371. The lowest BCUT2D eigenvalue weighted by molar-refractivity contribution is 0.0263. The molecule has 5 nitrogen and oxygen atoms in total. The van der Waals surface area contributed by atoms with Gasteiger partial charge in [-0.1, -0.05) is 0 Å². The molecule has 2 aliphatic rings. The van der Waals surface area contributed by atoms with Gasteiger partial charge in [0.2, 0.25) is 0 Å². The molecular weight excluding hydrogens is 437 g/mol. The van der Waals surface area contributed by atoms with Gasteiger partial charge in [0.25, 0.3) is 0 Å². The number of hydrogen-bond donors (Lipinski definition) is 1. The molecule has 0 spiro atoms. The van der Waals surface area contributed by atoms with Crippen molar-refractivity contribution in [3.63, 3.8) is 0 Å². The molecule has 2 rings (SSSR count). The van der Waals surface area contributed by atoms with Crippen LogP contribution in [0.4, 0.5) is 0 Å². The molecule has 2 aliphatic heterocycles. The van der Waals surface area contributed by atoms with Gasteiger partial charge in [-0.15, -0.1) is 24.0 Å². The van der Waals surface area contributed by atoms with Crippen LogP contribution in [0.25, 0.3) is 0 Å². The standard InChI is InChI=1S/C17H33N3O2S.HI/c1-4-18-16(20-10-6-15(7-11-20)22-5-2)19-14-17(23-3)8-12-21-13-9-17;/h15H,4-14H2,1-3H3,(H,18,19);1H. The molecule has 2 heterocycles. The number of thioether (sulfide) groups is 1. The lowest BCUT2D eigenvalue weighted by Crippen LogP contribution is -2.48. The van der Waals surface area contributed by atoms with Crippen molar-refractivity contribution in [3.8, 4) is 0 Å². The quantitative estimate of drug-likeness (QED) is 0.367. The molecule has 0 bridgehead atoms. The number of likely N-dealkylation sites (tertiary alicyclic amines) is 1. The van der Waals surface area contributed by atoms with Crippen LogP contribution in [0.1, 0.15) is 39.5 Å². The maximum Gasteiger partial charge on any atom is 0.193 e. The van der Waals surface area contributed by atoms with Crippen LogP contribution < -0.4 is 5.32 Å². The van der Waals surface area contributed by atoms with E-state index in [0.717, 1.165) is 77.6 Å². The van der Waals surface area contributed by atoms with Crippen LogP contribution in [-0.2, 0) is 9.47 Å². The minimum atomic E-state index is 0. The minimum Gasteiger partial charge on any atom is -0.381 e. The number of aliphatic imine (C=N–C) groups is 1. The predicted molar refractivity (Wildman–Crippen MR) is 114 cm³/mol. The first-order valence-electron chi connectivity index (χ1n) is 9.00. The number of nitrogens with one attached hydrogen (secondary N) is 1. The van der Waals surface area contributed by atoms with Crippen LogP contribution in [-0.4, -0.2) is 74.0 Å². The van der Waals surface area contributed by atoms with Gasteiger partial charge >= 0.3 is 0 Å². The molecule has 0 aliphatic carbocycles. The smallest absolute Gasteiger partial charge is 0.193 e. The van der Waals surface area contributed by atoms with Crippen molar-refractivity contribution in [1.29, 1.82) is 0 Å². The fraction of sp³-hybridized carbons (Fsp3) is 0.941. The zero-order chi connectivity index (χ0) is 16.5. The zero-order valence-corrected chi connectivity index (χ0v) is 18.5. The first kappa shape index (κ1) is 22.3. The summed E-state index contributed by atoms with van der Waals surface area (Å²) in [7, 11) is 0. The van der Waals surface area contributed by atoms with Crippen molar-refractivity contribution in [2.45, 2.75) is 50.4 Å². The number of rotatable bonds is 6. The average Bonchev–Trinajstić information content (AvgIpc) is 2.60. The van der Waals surface area contributed by atoms with Crippen LogP contribution in [0, 0.1) is 0 Å². The van der Waals surface area contributed by atoms with Gasteiger partial charge in [0, 0.05) is 44.2 Å². The van der Waals surface area contributed by atoms with E-state index in [1.165, 1.54) is 0 Å². The molecule has 0 aromatic carbocycles. The average molecular weight is 471 g/mol. The highest BCUT2D eigenvalue weighted by molar-refractivity contribution is 14.0. The molecule has 0 radical (unpaired) electrons. The normalized spacial score (nSPS) is 22.1. The summed E-state index contributed by atoms with van der Waals surface area (Å²) in [4.78, 5) is 7.38. The summed E-state index contributed by atoms with van der Waals surface area (Å²) in [5.74, 6) is 1.07. The second-order valence-electron chi connectivity index (χ2n) is 6.31. The molecule has 1 N–H and O–H groups in total. The van der Waals surface area contributed by atoms with E-state index in [1.54, 1.807) is 0 Å². The van der Waals surface area contributed by atoms with E-state index in [0.29, 0.717) is 6.10 Å². The molecule has 0 saturated carbocycles. The number of guanidine groups is 1. The Balaban J connectivity index is 0.00000288. The SMILES string of the molecule is CCNC(=NCC1(SC)CCOCC1)N1CCC(OCC)CC1.I. The topological polar surface area (TPSA) is 46.1 Å². The molecule has 0 atom stereocenters. The molecule has 0 aromatic rings. The first-order chi connectivity index (χ1) is 11.2. The monoisotopic (exact) mass is 471 g/mol. The second kappa shape index (κ2) is 11.8. The Morgan fingerprint density at radius 2 is 1.96 bits per heavy atom. The Kier molecular flexibility index (Phi) is 11.0. The van der Waals surface area contributed by atoms with Crippen molar-refractivity contribution in [2.75, 3.05) is 52.3 Å². The molecule has 0 unspecified atom stereocenters. The van der Waals surface area contributed by atoms with Crippen LogP contribution >= 0.6 is 35.7 Å². The lowest BCUT2D eigenvalue weighted by atomic mass is 9.99. The van der Waals surface area contributed by atoms with Gasteiger partial charge in [-0.3, -0.25) is 4.99 Å². The minimum absolute atomic E-state index is 0. The molecule has 0 aromatic heterocycles. The highest BCUT2D eigenvalue weighted by Crippen LogP contribution is 2.34. The van der Waals surface area contributed by atoms with E-state index >= 15 is 0 Å². The summed E-state index contributed by atoms with van der Waals surface area (Å²) in [5.41, 5.74) is 0. The summed E-state index contributed by atoms with van der Waals surface area (Å²) in [6, 6.07) is 0. The summed E-state index contributed by atoms with van der Waals surface area (Å²) in [6.07, 6.45) is 7.03. The first-order valence-corrected chi connectivity index (χ1v) is 10.2. The molecule has 142 valence electrons. The number of hydrogen-bond acceptors (Lipinski definition) is 4. The molecule has 7 heteroatoms. The van der Waals surface area contributed by atoms with Gasteiger partial charge in [0.15, 0.2) is 5.96 Å². The van der Waals surface area contributed by atoms with E-state index in [1.807, 2.05) is 11.8 Å². The maximum absolute atomic E-state index is 5.76. The van der Waals surface area contributed by atoms with Crippen LogP contribution in [0.15, 0.2) is 4.99 Å². The van der Waals surface area contributed by atoms with E-state index in [4.69, 9.17) is 14.5 Å². The van der Waals surface area contributed by atoms with Gasteiger partial charge in [0.1, 0.15) is 0 Å². The van der Waals surface area contributed by atoms with Crippen LogP contribution in [0.3, 0.4) is 0 Å². The predicted octanol–water partition coefficient (Wildman–Crippen LogP) is 2.98. The molecule has 0 amide bonds. The molecule has 2 saturated heterocycles. The number of piperidine rings is 1. The second-order valence-corrected chi connectivity index (χ2v) is 7.59. The van der Waals surface area contributed by atoms with Crippen molar-refractivity contribution < 1.29 is 9.47 Å². The Labute approximate surface area is 168 Å². The van der Waals surface area contributed by atoms with Gasteiger partial charge < -0.3 is 19.7 Å². The summed E-state index contributed by atoms with van der Waals surface area (Å²) in [6.45, 7) is 10.6. The van der Waals surface area contributed by atoms with Gasteiger partial charge in [-0.2, -0.15) is 11.8 Å². The molecular formula is C17H34IN3O2S. The molecule has 2 fully saturated rings. The van der Waals surface area contributed by atoms with Crippen LogP contribution in [0.2, 0.25) is 0 Å². The van der Waals surface area contributed by atoms with Gasteiger partial charge in [-0.05, 0) is 45.8 Å². The van der Waals surface area contributed by atoms with E-state index in [2.05, 4.69) is 30.3 Å². The van der Waals surface area contributed by atoms with Crippen molar-refractivity contribution in [3.05, 3.63) is 0 Å². The largest absolute Gasteiger partial charge is 0.381 e. The highest BCUT2D eigenvalue weighted by Gasteiger charge is 2.32. The fourth-order valence-corrected chi connectivity index (χ4v) is 4.05. The maximum atomic E-state index is 5.76. The Morgan fingerprint density at radius 1 is 1.29 bits per heavy atom. The third-order valence-electron chi connectivity index (χ3n) is 4.83. The number of ether oxygens (including phenoxy) is 2. The summed E-state index contributed by atoms with van der Waals surface area (Å²) >= 11 is 1.95. The Morgan fingerprint density at radius 3 is 2.50 bits per heavy atom. The van der Waals surface area contributed by atoms with Crippen molar-refractivity contribution in [2.24, 2.45) is 4.99 Å². The lowest BCUT2D eigenvalue weighted by Gasteiger charge is -2.36. The zero-order valence-electron chi connectivity index (χ0n) is 15.4. The van der Waals surface area contributed by atoms with Crippen LogP contribution in [0.5, 0.6) is 0 Å². The Hall–Kier alpha value is 0.270. The van der Waals surface area contributed by atoms with Crippen molar-refractivity contribution in [1.82, 2.24) is 10.2 Å². The molecule has 24 heavy (non-hydrogen) atoms. The number of nitrogens with zero attached hydrogens (tertiary/aromatic N) is 2. The summed E-state index contributed by atoms with van der Waals surface area (Å²) in [5, 5.41) is 3.47.